The van der Waals surface area contributed by atoms with Crippen LogP contribution in [0.25, 0.3) is 0 Å². The van der Waals surface area contributed by atoms with Crippen LogP contribution in [0.2, 0.25) is 0 Å². The first-order chi connectivity index (χ1) is 12.2. The fourth-order valence-electron chi connectivity index (χ4n) is 3.19. The number of nitrogens with zero attached hydrogens (tertiary/aromatic N) is 2. The van der Waals surface area contributed by atoms with Crippen LogP contribution < -0.4 is 4.74 Å². The number of piperidine rings is 1. The van der Waals surface area contributed by atoms with Crippen LogP contribution in [0.15, 0.2) is 24.3 Å². The number of amides is 2. The number of benzene rings is 1. The minimum absolute atomic E-state index is 0.0212. The molecule has 0 aliphatic carbocycles. The maximum Gasteiger partial charge on any atom is 0.410 e. The van der Waals surface area contributed by atoms with E-state index in [9.17, 15) is 9.59 Å². The van der Waals surface area contributed by atoms with E-state index in [1.807, 2.05) is 37.8 Å². The molecule has 2 amide bonds. The van der Waals surface area contributed by atoms with E-state index in [0.29, 0.717) is 24.4 Å². The van der Waals surface area contributed by atoms with Crippen molar-refractivity contribution in [1.29, 1.82) is 0 Å². The van der Waals surface area contributed by atoms with Crippen LogP contribution in [0.3, 0.4) is 0 Å². The molecule has 26 heavy (non-hydrogen) atoms. The summed E-state index contributed by atoms with van der Waals surface area (Å²) in [6.45, 7) is 7.49. The summed E-state index contributed by atoms with van der Waals surface area (Å²) in [7, 11) is 3.32. The van der Waals surface area contributed by atoms with Crippen molar-refractivity contribution in [3.05, 3.63) is 29.8 Å². The molecule has 2 rings (SSSR count). The lowest BCUT2D eigenvalue weighted by Crippen LogP contribution is -2.45. The summed E-state index contributed by atoms with van der Waals surface area (Å²) in [5.41, 5.74) is 0.0696. The molecule has 1 aliphatic heterocycles. The zero-order valence-corrected chi connectivity index (χ0v) is 16.4. The first kappa shape index (κ1) is 20.1. The van der Waals surface area contributed by atoms with E-state index in [-0.39, 0.29) is 17.9 Å². The molecule has 0 spiro atoms. The van der Waals surface area contributed by atoms with Crippen LogP contribution in [0.1, 0.15) is 44.0 Å². The molecule has 1 saturated heterocycles. The highest BCUT2D eigenvalue weighted by Gasteiger charge is 2.28. The third-order valence-corrected chi connectivity index (χ3v) is 4.38. The lowest BCUT2D eigenvalue weighted by molar-refractivity contribution is 0.0244. The molecular formula is C20H30N2O4. The van der Waals surface area contributed by atoms with Gasteiger partial charge in [-0.25, -0.2) is 4.79 Å². The van der Waals surface area contributed by atoms with Gasteiger partial charge in [0.15, 0.2) is 0 Å². The molecule has 0 N–H and O–H groups in total. The van der Waals surface area contributed by atoms with E-state index in [1.165, 1.54) is 0 Å². The molecular weight excluding hydrogens is 332 g/mol. The smallest absolute Gasteiger partial charge is 0.410 e. The molecule has 144 valence electrons. The number of methoxy groups -OCH3 is 1. The van der Waals surface area contributed by atoms with Gasteiger partial charge in [0.1, 0.15) is 11.4 Å². The molecule has 0 aromatic heterocycles. The number of hydrogen-bond donors (Lipinski definition) is 0. The fourth-order valence-corrected chi connectivity index (χ4v) is 3.19. The number of ether oxygens (including phenoxy) is 2. The molecule has 0 radical (unpaired) electrons. The van der Waals surface area contributed by atoms with Gasteiger partial charge in [-0.05, 0) is 51.7 Å². The van der Waals surface area contributed by atoms with Crippen LogP contribution in [0.4, 0.5) is 4.79 Å². The molecule has 1 aliphatic rings. The van der Waals surface area contributed by atoms with Crippen LogP contribution in [0.5, 0.6) is 5.75 Å². The fraction of sp³-hybridized carbons (Fsp3) is 0.600. The molecule has 0 bridgehead atoms. The van der Waals surface area contributed by atoms with Gasteiger partial charge in [0.25, 0.3) is 5.91 Å². The van der Waals surface area contributed by atoms with Crippen molar-refractivity contribution in [2.75, 3.05) is 33.8 Å². The van der Waals surface area contributed by atoms with Crippen LogP contribution in [-0.4, -0.2) is 61.2 Å². The maximum atomic E-state index is 12.9. The Morgan fingerprint density at radius 2 is 1.96 bits per heavy atom. The molecule has 1 aromatic carbocycles. The summed E-state index contributed by atoms with van der Waals surface area (Å²) in [5.74, 6) is 0.803. The summed E-state index contributed by atoms with van der Waals surface area (Å²) in [4.78, 5) is 28.5. The van der Waals surface area contributed by atoms with Gasteiger partial charge in [-0.3, -0.25) is 4.79 Å². The Morgan fingerprint density at radius 1 is 1.27 bits per heavy atom. The van der Waals surface area contributed by atoms with E-state index >= 15 is 0 Å². The number of likely N-dealkylation sites (tertiary alicyclic amines) is 1. The van der Waals surface area contributed by atoms with E-state index in [1.54, 1.807) is 31.2 Å². The first-order valence-electron chi connectivity index (χ1n) is 9.07. The van der Waals surface area contributed by atoms with E-state index in [2.05, 4.69) is 0 Å². The predicted octanol–water partition coefficient (Wildman–Crippen LogP) is 3.41. The molecule has 1 atom stereocenters. The number of carbonyl (C=O) groups excluding carboxylic acids is 2. The van der Waals surface area contributed by atoms with Crippen LogP contribution in [-0.2, 0) is 4.74 Å². The SMILES string of the molecule is COc1ccccc1C(=O)N1CCC[C@@H](CN(C)C(=O)OC(C)(C)C)C1. The lowest BCUT2D eigenvalue weighted by Gasteiger charge is -2.35. The Kier molecular flexibility index (Phi) is 6.51. The van der Waals surface area contributed by atoms with Crippen molar-refractivity contribution in [2.24, 2.45) is 5.92 Å². The maximum absolute atomic E-state index is 12.9. The Labute approximate surface area is 156 Å². The Morgan fingerprint density at radius 3 is 2.62 bits per heavy atom. The third kappa shape index (κ3) is 5.38. The van der Waals surface area contributed by atoms with Gasteiger partial charge in [0.05, 0.1) is 12.7 Å². The van der Waals surface area contributed by atoms with Crippen molar-refractivity contribution >= 4 is 12.0 Å². The standard InChI is InChI=1S/C20H30N2O4/c1-20(2,3)26-19(24)21(4)13-15-9-8-12-22(14-15)18(23)16-10-6-7-11-17(16)25-5/h6-7,10-11,15H,8-9,12-14H2,1-5H3/t15-/m0/s1. The topological polar surface area (TPSA) is 59.1 Å². The molecule has 0 unspecified atom stereocenters. The minimum Gasteiger partial charge on any atom is -0.496 e. The number of rotatable bonds is 4. The van der Waals surface area contributed by atoms with Gasteiger partial charge >= 0.3 is 6.09 Å². The van der Waals surface area contributed by atoms with Gasteiger partial charge in [-0.2, -0.15) is 0 Å². The average Bonchev–Trinajstić information content (AvgIpc) is 2.59. The number of carbonyl (C=O) groups is 2. The first-order valence-corrected chi connectivity index (χ1v) is 9.07. The molecule has 1 heterocycles. The summed E-state index contributed by atoms with van der Waals surface area (Å²) in [6.07, 6.45) is 1.59. The summed E-state index contributed by atoms with van der Waals surface area (Å²) in [5, 5.41) is 0. The van der Waals surface area contributed by atoms with Crippen molar-refractivity contribution in [1.82, 2.24) is 9.80 Å². The van der Waals surface area contributed by atoms with E-state index in [4.69, 9.17) is 9.47 Å². The molecule has 6 heteroatoms. The second-order valence-electron chi connectivity index (χ2n) is 7.82. The van der Waals surface area contributed by atoms with Gasteiger partial charge in [-0.1, -0.05) is 12.1 Å². The highest BCUT2D eigenvalue weighted by molar-refractivity contribution is 5.97. The summed E-state index contributed by atoms with van der Waals surface area (Å²) in [6, 6.07) is 7.28. The Hall–Kier alpha value is -2.24. The predicted molar refractivity (Wildman–Crippen MR) is 100 cm³/mol. The van der Waals surface area contributed by atoms with E-state index in [0.717, 1.165) is 19.4 Å². The monoisotopic (exact) mass is 362 g/mol. The highest BCUT2D eigenvalue weighted by Crippen LogP contribution is 2.24. The van der Waals surface area contributed by atoms with Gasteiger partial charge in [0, 0.05) is 26.7 Å². The van der Waals surface area contributed by atoms with Gasteiger partial charge < -0.3 is 19.3 Å². The quantitative estimate of drug-likeness (QED) is 0.823. The molecule has 6 nitrogen and oxygen atoms in total. The highest BCUT2D eigenvalue weighted by atomic mass is 16.6. The van der Waals surface area contributed by atoms with Crippen molar-refractivity contribution in [3.63, 3.8) is 0 Å². The summed E-state index contributed by atoms with van der Waals surface area (Å²) >= 11 is 0. The Balaban J connectivity index is 1.98. The Bertz CT molecular complexity index is 639. The zero-order chi connectivity index (χ0) is 19.3. The van der Waals surface area contributed by atoms with Gasteiger partial charge in [0.2, 0.25) is 0 Å². The summed E-state index contributed by atoms with van der Waals surface area (Å²) < 4.78 is 10.7. The second-order valence-corrected chi connectivity index (χ2v) is 7.82. The molecule has 0 saturated carbocycles. The van der Waals surface area contributed by atoms with Crippen molar-refractivity contribution < 1.29 is 19.1 Å². The molecule has 1 fully saturated rings. The lowest BCUT2D eigenvalue weighted by atomic mass is 9.97. The number of hydrogen-bond acceptors (Lipinski definition) is 4. The third-order valence-electron chi connectivity index (χ3n) is 4.38. The van der Waals surface area contributed by atoms with Crippen LogP contribution in [0, 0.1) is 5.92 Å². The van der Waals surface area contributed by atoms with Crippen molar-refractivity contribution in [3.8, 4) is 5.75 Å². The van der Waals surface area contributed by atoms with E-state index < -0.39 is 5.60 Å². The zero-order valence-electron chi connectivity index (χ0n) is 16.4. The number of para-hydroxylation sites is 1. The van der Waals surface area contributed by atoms with Crippen molar-refractivity contribution in [2.45, 2.75) is 39.2 Å². The molecule has 1 aromatic rings. The second kappa shape index (κ2) is 8.43. The minimum atomic E-state index is -0.510. The van der Waals surface area contributed by atoms with Gasteiger partial charge in [-0.15, -0.1) is 0 Å². The average molecular weight is 362 g/mol. The normalized spacial score (nSPS) is 17.6. The van der Waals surface area contributed by atoms with Crippen LogP contribution >= 0.6 is 0 Å². The largest absolute Gasteiger partial charge is 0.496 e.